The van der Waals surface area contributed by atoms with Gasteiger partial charge in [0.2, 0.25) is 11.8 Å². The second-order valence-electron chi connectivity index (χ2n) is 14.5. The standard InChI is InChI=1S/C35H50N4O6/c1-9-24-28-19-39(29(24)21(4)40)32(41)30(34(5,6)7)38-33(42)45-35(20(2)3)18-22(35)13-11-10-12-14-26-31(44-28)37-27-17-23(43-8)15-16-25(27)36-26/h15-17,20,22,24,28-30H,9-14,18-19H2,1-8H3,(H,38,42)/t22-,24-,28+,29-,30-,35+/m1/s1. The first-order chi connectivity index (χ1) is 21.3. The Hall–Kier alpha value is -3.43. The topological polar surface area (TPSA) is 120 Å². The van der Waals surface area contributed by atoms with Gasteiger partial charge in [-0.2, -0.15) is 0 Å². The van der Waals surface area contributed by atoms with E-state index in [0.29, 0.717) is 30.0 Å². The van der Waals surface area contributed by atoms with Crippen LogP contribution in [0.15, 0.2) is 18.2 Å². The average Bonchev–Trinajstić information content (AvgIpc) is 3.55. The van der Waals surface area contributed by atoms with E-state index < -0.39 is 35.3 Å². The summed E-state index contributed by atoms with van der Waals surface area (Å²) in [6.45, 7) is 13.6. The van der Waals surface area contributed by atoms with Crippen molar-refractivity contribution < 1.29 is 28.6 Å². The van der Waals surface area contributed by atoms with E-state index in [1.807, 2.05) is 45.9 Å². The molecule has 2 aromatic rings. The van der Waals surface area contributed by atoms with Crippen molar-refractivity contribution in [3.05, 3.63) is 23.9 Å². The van der Waals surface area contributed by atoms with Gasteiger partial charge >= 0.3 is 6.09 Å². The number of fused-ring (bicyclic) bond motifs is 5. The Bertz CT molecular complexity index is 1440. The Morgan fingerprint density at radius 2 is 1.91 bits per heavy atom. The molecule has 10 nitrogen and oxygen atoms in total. The van der Waals surface area contributed by atoms with Gasteiger partial charge in [0.25, 0.3) is 0 Å². The molecule has 0 unspecified atom stereocenters. The minimum Gasteiger partial charge on any atom is -0.497 e. The molecule has 1 aromatic carbocycles. The van der Waals surface area contributed by atoms with Crippen LogP contribution in [0.4, 0.5) is 4.79 Å². The zero-order valence-corrected chi connectivity index (χ0v) is 28.1. The number of alkyl carbamates (subject to hydrolysis) is 1. The number of nitrogens with one attached hydrogen (secondary N) is 1. The third kappa shape index (κ3) is 6.61. The third-order valence-corrected chi connectivity index (χ3v) is 10.1. The molecule has 1 saturated carbocycles. The van der Waals surface area contributed by atoms with E-state index in [1.54, 1.807) is 12.0 Å². The molecule has 45 heavy (non-hydrogen) atoms. The minimum atomic E-state index is -0.896. The number of aryl methyl sites for hydroxylation is 1. The third-order valence-electron chi connectivity index (χ3n) is 10.1. The number of methoxy groups -OCH3 is 1. The van der Waals surface area contributed by atoms with Crippen LogP contribution in [0.5, 0.6) is 11.6 Å². The van der Waals surface area contributed by atoms with Crippen LogP contribution in [0.2, 0.25) is 0 Å². The van der Waals surface area contributed by atoms with Crippen LogP contribution in [-0.4, -0.2) is 70.1 Å². The van der Waals surface area contributed by atoms with Crippen LogP contribution in [0.1, 0.15) is 92.7 Å². The molecule has 1 saturated heterocycles. The molecule has 0 radical (unpaired) electrons. The molecule has 2 bridgehead atoms. The maximum atomic E-state index is 14.4. The fraction of sp³-hybridized carbons (Fsp3) is 0.686. The predicted molar refractivity (Wildman–Crippen MR) is 171 cm³/mol. The van der Waals surface area contributed by atoms with Gasteiger partial charge in [-0.05, 0) is 62.5 Å². The van der Waals surface area contributed by atoms with Crippen molar-refractivity contribution in [2.45, 2.75) is 117 Å². The van der Waals surface area contributed by atoms with Crippen molar-refractivity contribution in [1.29, 1.82) is 0 Å². The van der Waals surface area contributed by atoms with Crippen LogP contribution in [0.25, 0.3) is 11.0 Å². The summed E-state index contributed by atoms with van der Waals surface area (Å²) in [4.78, 5) is 52.5. The molecule has 3 heterocycles. The van der Waals surface area contributed by atoms with E-state index in [1.165, 1.54) is 6.92 Å². The molecular weight excluding hydrogens is 572 g/mol. The molecule has 2 amide bonds. The average molecular weight is 623 g/mol. The van der Waals surface area contributed by atoms with Gasteiger partial charge in [0.1, 0.15) is 29.2 Å². The van der Waals surface area contributed by atoms with Crippen molar-refractivity contribution in [3.63, 3.8) is 0 Å². The van der Waals surface area contributed by atoms with Gasteiger partial charge in [-0.1, -0.05) is 54.4 Å². The largest absolute Gasteiger partial charge is 0.497 e. The molecule has 0 spiro atoms. The van der Waals surface area contributed by atoms with Crippen LogP contribution in [0, 0.1) is 23.2 Å². The maximum Gasteiger partial charge on any atom is 0.408 e. The summed E-state index contributed by atoms with van der Waals surface area (Å²) >= 11 is 0. The molecule has 246 valence electrons. The van der Waals surface area contributed by atoms with Crippen molar-refractivity contribution >= 4 is 28.8 Å². The molecule has 2 aliphatic heterocycles. The van der Waals surface area contributed by atoms with Gasteiger partial charge in [0.15, 0.2) is 5.78 Å². The number of nitrogens with zero attached hydrogens (tertiary/aromatic N) is 3. The number of Topliss-reactive ketones (excluding diaryl/α,β-unsaturated/α-hetero) is 1. The molecule has 1 aliphatic carbocycles. The summed E-state index contributed by atoms with van der Waals surface area (Å²) in [6, 6.07) is 4.03. The lowest BCUT2D eigenvalue weighted by atomic mass is 9.85. The van der Waals surface area contributed by atoms with Crippen molar-refractivity contribution in [3.8, 4) is 11.6 Å². The second-order valence-corrected chi connectivity index (χ2v) is 14.5. The quantitative estimate of drug-likeness (QED) is 0.449. The van der Waals surface area contributed by atoms with Crippen molar-refractivity contribution in [2.75, 3.05) is 13.7 Å². The normalized spacial score (nSPS) is 29.5. The van der Waals surface area contributed by atoms with Gasteiger partial charge in [0, 0.05) is 17.9 Å². The Balaban J connectivity index is 1.55. The summed E-state index contributed by atoms with van der Waals surface area (Å²) in [5.41, 5.74) is 1.03. The number of ketones is 1. The number of carbonyl (C=O) groups is 3. The number of hydrogen-bond donors (Lipinski definition) is 1. The SMILES string of the molecule is CC[C@@H]1[C@@H]2CN(C(=O)[C@H](C(C)(C)C)NC(=O)O[C@]3(C(C)C)C[C@H]3CCCCCc3nc4ccc(OC)cc4nc3O2)[C@@H]1C(C)=O. The summed E-state index contributed by atoms with van der Waals surface area (Å²) in [5, 5.41) is 2.93. The first-order valence-electron chi connectivity index (χ1n) is 16.6. The summed E-state index contributed by atoms with van der Waals surface area (Å²) in [6.07, 6.45) is 4.96. The van der Waals surface area contributed by atoms with E-state index in [2.05, 4.69) is 19.2 Å². The number of hydrogen-bond acceptors (Lipinski definition) is 8. The van der Waals surface area contributed by atoms with E-state index >= 15 is 0 Å². The van der Waals surface area contributed by atoms with Crippen molar-refractivity contribution in [2.24, 2.45) is 23.2 Å². The fourth-order valence-corrected chi connectivity index (χ4v) is 7.43. The summed E-state index contributed by atoms with van der Waals surface area (Å²) < 4.78 is 18.3. The molecule has 5 rings (SSSR count). The van der Waals surface area contributed by atoms with Crippen LogP contribution in [0.3, 0.4) is 0 Å². The molecule has 2 fully saturated rings. The lowest BCUT2D eigenvalue weighted by molar-refractivity contribution is -0.141. The van der Waals surface area contributed by atoms with Gasteiger partial charge in [0.05, 0.1) is 30.7 Å². The van der Waals surface area contributed by atoms with Gasteiger partial charge < -0.3 is 24.4 Å². The predicted octanol–water partition coefficient (Wildman–Crippen LogP) is 5.88. The smallest absolute Gasteiger partial charge is 0.408 e. The summed E-state index contributed by atoms with van der Waals surface area (Å²) in [7, 11) is 1.61. The highest BCUT2D eigenvalue weighted by Gasteiger charge is 2.59. The first kappa shape index (κ1) is 32.9. The summed E-state index contributed by atoms with van der Waals surface area (Å²) in [5.74, 6) is 0.865. The number of carbonyl (C=O) groups excluding carboxylic acids is 3. The molecule has 3 aliphatic rings. The zero-order chi connectivity index (χ0) is 32.7. The second kappa shape index (κ2) is 12.8. The van der Waals surface area contributed by atoms with E-state index in [-0.39, 0.29) is 36.0 Å². The lowest BCUT2D eigenvalue weighted by Gasteiger charge is -2.36. The molecule has 1 N–H and O–H groups in total. The highest BCUT2D eigenvalue weighted by Crippen LogP contribution is 2.55. The number of amides is 2. The van der Waals surface area contributed by atoms with E-state index in [0.717, 1.165) is 43.3 Å². The number of ether oxygens (including phenoxy) is 3. The zero-order valence-electron chi connectivity index (χ0n) is 28.1. The first-order valence-corrected chi connectivity index (χ1v) is 16.6. The van der Waals surface area contributed by atoms with Gasteiger partial charge in [-0.25, -0.2) is 14.8 Å². The lowest BCUT2D eigenvalue weighted by Crippen LogP contribution is -2.57. The Morgan fingerprint density at radius 3 is 2.56 bits per heavy atom. The molecule has 1 aromatic heterocycles. The van der Waals surface area contributed by atoms with Crippen LogP contribution < -0.4 is 14.8 Å². The monoisotopic (exact) mass is 622 g/mol. The van der Waals surface area contributed by atoms with E-state index in [4.69, 9.17) is 24.2 Å². The minimum absolute atomic E-state index is 0.114. The Kier molecular flexibility index (Phi) is 9.34. The van der Waals surface area contributed by atoms with Gasteiger partial charge in [-0.3, -0.25) is 9.59 Å². The van der Waals surface area contributed by atoms with Crippen LogP contribution >= 0.6 is 0 Å². The van der Waals surface area contributed by atoms with E-state index in [9.17, 15) is 14.4 Å². The van der Waals surface area contributed by atoms with Crippen molar-refractivity contribution in [1.82, 2.24) is 20.2 Å². The highest BCUT2D eigenvalue weighted by atomic mass is 16.6. The van der Waals surface area contributed by atoms with Crippen LogP contribution in [-0.2, 0) is 20.7 Å². The molecule has 10 heteroatoms. The number of benzene rings is 1. The molecule has 6 atom stereocenters. The number of rotatable bonds is 4. The fourth-order valence-electron chi connectivity index (χ4n) is 7.43. The number of aromatic nitrogens is 2. The molecular formula is C35H50N4O6. The Labute approximate surface area is 267 Å². The van der Waals surface area contributed by atoms with Gasteiger partial charge in [-0.15, -0.1) is 0 Å². The Morgan fingerprint density at radius 1 is 1.16 bits per heavy atom. The maximum absolute atomic E-state index is 14.4. The highest BCUT2D eigenvalue weighted by molar-refractivity contribution is 5.92.